The van der Waals surface area contributed by atoms with Crippen LogP contribution in [0.1, 0.15) is 38.7 Å². The van der Waals surface area contributed by atoms with Gasteiger partial charge in [0.25, 0.3) is 11.8 Å². The van der Waals surface area contributed by atoms with Gasteiger partial charge < -0.3 is 14.9 Å². The van der Waals surface area contributed by atoms with Crippen LogP contribution in [0.5, 0.6) is 0 Å². The van der Waals surface area contributed by atoms with Crippen LogP contribution in [0.25, 0.3) is 0 Å². The molecule has 2 heterocycles. The second-order valence-corrected chi connectivity index (χ2v) is 9.55. The molecule has 2 unspecified atom stereocenters. The van der Waals surface area contributed by atoms with Crippen molar-refractivity contribution >= 4 is 27.5 Å². The van der Waals surface area contributed by atoms with Gasteiger partial charge in [0.1, 0.15) is 17.7 Å². The number of carbonyl (C=O) groups is 2. The molecule has 170 valence electrons. The molecule has 1 aromatic rings. The molecule has 0 bridgehead atoms. The van der Waals surface area contributed by atoms with Crippen molar-refractivity contribution < 1.29 is 36.4 Å². The fourth-order valence-electron chi connectivity index (χ4n) is 3.32. The van der Waals surface area contributed by atoms with Crippen molar-refractivity contribution in [2.75, 3.05) is 12.4 Å². The van der Waals surface area contributed by atoms with E-state index in [1.54, 1.807) is 6.92 Å². The molecule has 0 aliphatic carbocycles. The summed E-state index contributed by atoms with van der Waals surface area (Å²) in [5, 5.41) is 6.49. The Balaban J connectivity index is 1.56. The molecule has 31 heavy (non-hydrogen) atoms. The number of hydrogen-bond donors (Lipinski definition) is 2. The first-order valence-corrected chi connectivity index (χ1v) is 11.3. The van der Waals surface area contributed by atoms with E-state index in [0.29, 0.717) is 6.42 Å². The summed E-state index contributed by atoms with van der Waals surface area (Å²) < 4.78 is 57.6. The van der Waals surface area contributed by atoms with Gasteiger partial charge in [0.05, 0.1) is 24.1 Å². The Morgan fingerprint density at radius 3 is 2.58 bits per heavy atom. The molecule has 2 aliphatic rings. The monoisotopic (exact) mass is 459 g/mol. The summed E-state index contributed by atoms with van der Waals surface area (Å²) in [6.45, 7) is 3.16. The zero-order chi connectivity index (χ0) is 22.8. The first-order chi connectivity index (χ1) is 14.5. The molecular formula is C19H23F2N3O6S. The van der Waals surface area contributed by atoms with Crippen LogP contribution in [0.3, 0.4) is 0 Å². The summed E-state index contributed by atoms with van der Waals surface area (Å²) in [4.78, 5) is 30.1. The molecule has 1 saturated heterocycles. The maximum absolute atomic E-state index is 13.5. The molecule has 3 rings (SSSR count). The highest BCUT2D eigenvalue weighted by Crippen LogP contribution is 2.28. The van der Waals surface area contributed by atoms with E-state index in [4.69, 9.17) is 9.57 Å². The number of ether oxygens (including phenoxy) is 1. The SMILES string of the molecule is CCCS(=O)(=O)NC(=O)C1CC(NC(=O)[C@@]2(C)CC(c3cc(F)cc(F)c3)=NO2)CO1. The van der Waals surface area contributed by atoms with Gasteiger partial charge in [-0.15, -0.1) is 0 Å². The highest BCUT2D eigenvalue weighted by Gasteiger charge is 2.44. The molecule has 9 nitrogen and oxygen atoms in total. The van der Waals surface area contributed by atoms with Gasteiger partial charge in [-0.3, -0.25) is 14.3 Å². The number of nitrogens with zero attached hydrogens (tertiary/aromatic N) is 1. The third-order valence-electron chi connectivity index (χ3n) is 4.89. The van der Waals surface area contributed by atoms with Crippen LogP contribution in [0.4, 0.5) is 8.78 Å². The van der Waals surface area contributed by atoms with Gasteiger partial charge in [-0.05, 0) is 25.5 Å². The summed E-state index contributed by atoms with van der Waals surface area (Å²) in [5.41, 5.74) is -1.02. The predicted octanol–water partition coefficient (Wildman–Crippen LogP) is 0.978. The first-order valence-electron chi connectivity index (χ1n) is 9.70. The van der Waals surface area contributed by atoms with E-state index in [-0.39, 0.29) is 36.5 Å². The van der Waals surface area contributed by atoms with Crippen LogP contribution in [0.15, 0.2) is 23.4 Å². The summed E-state index contributed by atoms with van der Waals surface area (Å²) in [7, 11) is -3.73. The van der Waals surface area contributed by atoms with E-state index in [1.807, 2.05) is 4.72 Å². The Kier molecular flexibility index (Phi) is 6.60. The van der Waals surface area contributed by atoms with Crippen LogP contribution in [-0.4, -0.2) is 56.1 Å². The molecule has 2 N–H and O–H groups in total. The van der Waals surface area contributed by atoms with Crippen molar-refractivity contribution in [3.63, 3.8) is 0 Å². The summed E-state index contributed by atoms with van der Waals surface area (Å²) in [6.07, 6.45) is -0.596. The van der Waals surface area contributed by atoms with Crippen LogP contribution in [-0.2, 0) is 29.2 Å². The molecule has 2 amide bonds. The first kappa shape index (κ1) is 23.1. The van der Waals surface area contributed by atoms with Gasteiger partial charge in [-0.1, -0.05) is 12.1 Å². The van der Waals surface area contributed by atoms with E-state index < -0.39 is 51.2 Å². The van der Waals surface area contributed by atoms with Crippen molar-refractivity contribution in [2.45, 2.75) is 50.9 Å². The number of sulfonamides is 1. The molecule has 3 atom stereocenters. The molecule has 0 radical (unpaired) electrons. The maximum atomic E-state index is 13.5. The Morgan fingerprint density at radius 2 is 1.94 bits per heavy atom. The van der Waals surface area contributed by atoms with E-state index in [2.05, 4.69) is 10.5 Å². The zero-order valence-electron chi connectivity index (χ0n) is 17.0. The topological polar surface area (TPSA) is 123 Å². The van der Waals surface area contributed by atoms with Crippen molar-refractivity contribution in [3.8, 4) is 0 Å². The molecule has 12 heteroatoms. The quantitative estimate of drug-likeness (QED) is 0.627. The number of benzene rings is 1. The largest absolute Gasteiger partial charge is 0.379 e. The Morgan fingerprint density at radius 1 is 1.26 bits per heavy atom. The Labute approximate surface area is 178 Å². The third kappa shape index (κ3) is 5.56. The van der Waals surface area contributed by atoms with Crippen molar-refractivity contribution in [3.05, 3.63) is 35.4 Å². The van der Waals surface area contributed by atoms with Crippen LogP contribution < -0.4 is 10.0 Å². The lowest BCUT2D eigenvalue weighted by Gasteiger charge is -2.22. The van der Waals surface area contributed by atoms with Crippen molar-refractivity contribution in [2.24, 2.45) is 5.16 Å². The van der Waals surface area contributed by atoms with Crippen molar-refractivity contribution in [1.82, 2.24) is 10.0 Å². The fourth-order valence-corrected chi connectivity index (χ4v) is 4.40. The number of oxime groups is 1. The minimum atomic E-state index is -3.73. The van der Waals surface area contributed by atoms with E-state index in [1.165, 1.54) is 6.92 Å². The third-order valence-corrected chi connectivity index (χ3v) is 6.35. The minimum absolute atomic E-state index is 0.0105. The molecule has 1 fully saturated rings. The van der Waals surface area contributed by atoms with Gasteiger partial charge >= 0.3 is 0 Å². The average Bonchev–Trinajstić information content (AvgIpc) is 3.28. The van der Waals surface area contributed by atoms with Gasteiger partial charge in [0, 0.05) is 24.5 Å². The second-order valence-electron chi connectivity index (χ2n) is 7.71. The number of amides is 2. The molecule has 0 saturated carbocycles. The molecule has 2 aliphatic heterocycles. The van der Waals surface area contributed by atoms with Gasteiger partial charge in [0.2, 0.25) is 15.6 Å². The molecule has 0 aromatic heterocycles. The number of halogens is 2. The van der Waals surface area contributed by atoms with Crippen LogP contribution >= 0.6 is 0 Å². The lowest BCUT2D eigenvalue weighted by Crippen LogP contribution is -2.49. The zero-order valence-corrected chi connectivity index (χ0v) is 17.8. The normalized spacial score (nSPS) is 25.6. The standard InChI is InChI=1S/C19H23F2N3O6S/c1-3-4-31(27,28)24-17(25)16-8-14(10-29-16)22-18(26)19(2)9-15(23-30-19)11-5-12(20)7-13(21)6-11/h5-7,14,16H,3-4,8-10H2,1-2H3,(H,22,26)(H,24,25)/t14?,16?,19-/m1/s1. The van der Waals surface area contributed by atoms with Crippen LogP contribution in [0, 0.1) is 11.6 Å². The molecule has 1 aromatic carbocycles. The number of hydrogen-bond acceptors (Lipinski definition) is 7. The summed E-state index contributed by atoms with van der Waals surface area (Å²) >= 11 is 0. The second kappa shape index (κ2) is 8.87. The van der Waals surface area contributed by atoms with Gasteiger partial charge in [0.15, 0.2) is 0 Å². The number of carbonyl (C=O) groups excluding carboxylic acids is 2. The van der Waals surface area contributed by atoms with Crippen LogP contribution in [0.2, 0.25) is 0 Å². The maximum Gasteiger partial charge on any atom is 0.267 e. The number of nitrogens with one attached hydrogen (secondary N) is 2. The van der Waals surface area contributed by atoms with E-state index in [0.717, 1.165) is 18.2 Å². The lowest BCUT2D eigenvalue weighted by atomic mass is 9.94. The highest BCUT2D eigenvalue weighted by atomic mass is 32.2. The average molecular weight is 459 g/mol. The number of rotatable bonds is 7. The summed E-state index contributed by atoms with van der Waals surface area (Å²) in [6, 6.07) is 2.37. The van der Waals surface area contributed by atoms with E-state index in [9.17, 15) is 26.8 Å². The predicted molar refractivity (Wildman–Crippen MR) is 106 cm³/mol. The smallest absolute Gasteiger partial charge is 0.267 e. The minimum Gasteiger partial charge on any atom is -0.379 e. The Bertz CT molecular complexity index is 996. The Hall–Kier alpha value is -2.60. The lowest BCUT2D eigenvalue weighted by molar-refractivity contribution is -0.142. The fraction of sp³-hybridized carbons (Fsp3) is 0.526. The summed E-state index contributed by atoms with van der Waals surface area (Å²) in [5.74, 6) is -3.06. The van der Waals surface area contributed by atoms with Crippen molar-refractivity contribution in [1.29, 1.82) is 0 Å². The highest BCUT2D eigenvalue weighted by molar-refractivity contribution is 7.90. The molecule has 0 spiro atoms. The molecular weight excluding hydrogens is 436 g/mol. The van der Waals surface area contributed by atoms with Gasteiger partial charge in [-0.25, -0.2) is 17.2 Å². The van der Waals surface area contributed by atoms with E-state index >= 15 is 0 Å². The van der Waals surface area contributed by atoms with Gasteiger partial charge in [-0.2, -0.15) is 0 Å².